The Morgan fingerprint density at radius 3 is 3.13 bits per heavy atom. The molecule has 0 fully saturated rings. The Morgan fingerprint density at radius 2 is 2.47 bits per heavy atom. The normalized spacial score (nSPS) is 12.9. The SMILES string of the molecule is CCn1ncnc1CC(N)c1ccoc1. The zero-order chi connectivity index (χ0) is 10.7. The van der Waals surface area contributed by atoms with E-state index in [9.17, 15) is 0 Å². The first-order valence-corrected chi connectivity index (χ1v) is 4.95. The predicted octanol–water partition coefficient (Wildman–Crippen LogP) is 1.13. The molecular weight excluding hydrogens is 192 g/mol. The van der Waals surface area contributed by atoms with Crippen LogP contribution in [0.1, 0.15) is 24.4 Å². The number of nitrogens with zero attached hydrogens (tertiary/aromatic N) is 3. The molecule has 0 saturated carbocycles. The monoisotopic (exact) mass is 206 g/mol. The second kappa shape index (κ2) is 4.27. The van der Waals surface area contributed by atoms with E-state index in [1.165, 1.54) is 0 Å². The molecule has 0 saturated heterocycles. The minimum atomic E-state index is -0.0850. The lowest BCUT2D eigenvalue weighted by Gasteiger charge is -2.08. The minimum absolute atomic E-state index is 0.0850. The van der Waals surface area contributed by atoms with Crippen molar-refractivity contribution in [2.45, 2.75) is 25.9 Å². The summed E-state index contributed by atoms with van der Waals surface area (Å²) in [6.07, 6.45) is 5.52. The van der Waals surface area contributed by atoms with E-state index in [0.29, 0.717) is 6.42 Å². The van der Waals surface area contributed by atoms with E-state index in [2.05, 4.69) is 10.1 Å². The molecule has 2 rings (SSSR count). The molecule has 1 atom stereocenters. The average molecular weight is 206 g/mol. The van der Waals surface area contributed by atoms with Gasteiger partial charge in [0.1, 0.15) is 12.2 Å². The first-order chi connectivity index (χ1) is 7.31. The average Bonchev–Trinajstić information content (AvgIpc) is 2.87. The van der Waals surface area contributed by atoms with Gasteiger partial charge in [-0.15, -0.1) is 0 Å². The van der Waals surface area contributed by atoms with Gasteiger partial charge in [0.25, 0.3) is 0 Å². The van der Waals surface area contributed by atoms with Gasteiger partial charge < -0.3 is 10.2 Å². The van der Waals surface area contributed by atoms with E-state index in [0.717, 1.165) is 17.9 Å². The second-order valence-corrected chi connectivity index (χ2v) is 3.36. The van der Waals surface area contributed by atoms with Gasteiger partial charge in [-0.1, -0.05) is 0 Å². The van der Waals surface area contributed by atoms with Crippen LogP contribution in [0.15, 0.2) is 29.3 Å². The smallest absolute Gasteiger partial charge is 0.138 e. The first-order valence-electron chi connectivity index (χ1n) is 4.95. The van der Waals surface area contributed by atoms with Crippen LogP contribution in [0.2, 0.25) is 0 Å². The Bertz CT molecular complexity index is 407. The Hall–Kier alpha value is -1.62. The molecule has 2 aromatic heterocycles. The van der Waals surface area contributed by atoms with E-state index in [-0.39, 0.29) is 6.04 Å². The van der Waals surface area contributed by atoms with Crippen LogP contribution in [0.5, 0.6) is 0 Å². The molecule has 0 spiro atoms. The molecule has 2 heterocycles. The molecule has 0 aliphatic rings. The number of furan rings is 1. The summed E-state index contributed by atoms with van der Waals surface area (Å²) in [5.41, 5.74) is 7.00. The van der Waals surface area contributed by atoms with Crippen molar-refractivity contribution < 1.29 is 4.42 Å². The lowest BCUT2D eigenvalue weighted by Crippen LogP contribution is -2.16. The van der Waals surface area contributed by atoms with Gasteiger partial charge in [0.15, 0.2) is 0 Å². The van der Waals surface area contributed by atoms with E-state index in [1.54, 1.807) is 18.9 Å². The van der Waals surface area contributed by atoms with Crippen LogP contribution in [0, 0.1) is 0 Å². The Labute approximate surface area is 87.9 Å². The summed E-state index contributed by atoms with van der Waals surface area (Å²) in [6.45, 7) is 2.84. The van der Waals surface area contributed by atoms with Gasteiger partial charge in [0, 0.05) is 24.6 Å². The maximum absolute atomic E-state index is 6.01. The summed E-state index contributed by atoms with van der Waals surface area (Å²) in [5.74, 6) is 0.909. The van der Waals surface area contributed by atoms with E-state index in [1.807, 2.05) is 17.7 Å². The Kier molecular flexibility index (Phi) is 2.82. The van der Waals surface area contributed by atoms with Crippen LogP contribution < -0.4 is 5.73 Å². The zero-order valence-corrected chi connectivity index (χ0v) is 8.63. The van der Waals surface area contributed by atoms with Crippen LogP contribution in [-0.2, 0) is 13.0 Å². The number of hydrogen-bond acceptors (Lipinski definition) is 4. The largest absolute Gasteiger partial charge is 0.472 e. The van der Waals surface area contributed by atoms with Gasteiger partial charge in [-0.05, 0) is 13.0 Å². The Balaban J connectivity index is 2.09. The standard InChI is InChI=1S/C10H14N4O/c1-2-14-10(12-7-13-14)5-9(11)8-3-4-15-6-8/h3-4,6-7,9H,2,5,11H2,1H3. The van der Waals surface area contributed by atoms with Gasteiger partial charge in [-0.2, -0.15) is 5.10 Å². The summed E-state index contributed by atoms with van der Waals surface area (Å²) in [6, 6.07) is 1.79. The summed E-state index contributed by atoms with van der Waals surface area (Å²) in [7, 11) is 0. The van der Waals surface area contributed by atoms with Crippen molar-refractivity contribution in [1.29, 1.82) is 0 Å². The highest BCUT2D eigenvalue weighted by Crippen LogP contribution is 2.14. The molecule has 15 heavy (non-hydrogen) atoms. The van der Waals surface area contributed by atoms with Gasteiger partial charge in [-0.25, -0.2) is 4.98 Å². The molecule has 0 aromatic carbocycles. The molecule has 0 aliphatic heterocycles. The third kappa shape index (κ3) is 2.07. The zero-order valence-electron chi connectivity index (χ0n) is 8.63. The molecule has 2 aromatic rings. The van der Waals surface area contributed by atoms with Crippen molar-refractivity contribution in [3.05, 3.63) is 36.3 Å². The molecular formula is C10H14N4O. The second-order valence-electron chi connectivity index (χ2n) is 3.36. The van der Waals surface area contributed by atoms with Crippen molar-refractivity contribution >= 4 is 0 Å². The van der Waals surface area contributed by atoms with Gasteiger partial charge >= 0.3 is 0 Å². The van der Waals surface area contributed by atoms with E-state index in [4.69, 9.17) is 10.2 Å². The van der Waals surface area contributed by atoms with Crippen molar-refractivity contribution in [3.8, 4) is 0 Å². The van der Waals surface area contributed by atoms with Crippen LogP contribution in [-0.4, -0.2) is 14.8 Å². The van der Waals surface area contributed by atoms with Crippen LogP contribution in [0.25, 0.3) is 0 Å². The molecule has 5 nitrogen and oxygen atoms in total. The molecule has 0 amide bonds. The third-order valence-electron chi connectivity index (χ3n) is 2.37. The van der Waals surface area contributed by atoms with Crippen LogP contribution >= 0.6 is 0 Å². The maximum atomic E-state index is 6.01. The maximum Gasteiger partial charge on any atom is 0.138 e. The van der Waals surface area contributed by atoms with Gasteiger partial charge in [-0.3, -0.25) is 4.68 Å². The summed E-state index contributed by atoms with van der Waals surface area (Å²) in [5, 5.41) is 4.10. The third-order valence-corrected chi connectivity index (χ3v) is 2.37. The highest BCUT2D eigenvalue weighted by Gasteiger charge is 2.12. The fourth-order valence-corrected chi connectivity index (χ4v) is 1.51. The van der Waals surface area contributed by atoms with Crippen LogP contribution in [0.4, 0.5) is 0 Å². The molecule has 80 valence electrons. The number of nitrogens with two attached hydrogens (primary N) is 1. The number of hydrogen-bond donors (Lipinski definition) is 1. The van der Waals surface area contributed by atoms with Crippen molar-refractivity contribution in [2.24, 2.45) is 5.73 Å². The summed E-state index contributed by atoms with van der Waals surface area (Å²) in [4.78, 5) is 4.18. The fourth-order valence-electron chi connectivity index (χ4n) is 1.51. The first kappa shape index (κ1) is 9.92. The molecule has 2 N–H and O–H groups in total. The molecule has 5 heteroatoms. The molecule has 0 aliphatic carbocycles. The highest BCUT2D eigenvalue weighted by molar-refractivity contribution is 5.12. The minimum Gasteiger partial charge on any atom is -0.472 e. The number of aryl methyl sites for hydroxylation is 1. The van der Waals surface area contributed by atoms with Crippen molar-refractivity contribution in [3.63, 3.8) is 0 Å². The van der Waals surface area contributed by atoms with E-state index >= 15 is 0 Å². The summed E-state index contributed by atoms with van der Waals surface area (Å²) >= 11 is 0. The van der Waals surface area contributed by atoms with E-state index < -0.39 is 0 Å². The molecule has 0 bridgehead atoms. The molecule has 1 unspecified atom stereocenters. The van der Waals surface area contributed by atoms with Gasteiger partial charge in [0.05, 0.1) is 12.5 Å². The van der Waals surface area contributed by atoms with Crippen molar-refractivity contribution in [2.75, 3.05) is 0 Å². The Morgan fingerprint density at radius 1 is 1.60 bits per heavy atom. The van der Waals surface area contributed by atoms with Crippen LogP contribution in [0.3, 0.4) is 0 Å². The topological polar surface area (TPSA) is 69.9 Å². The number of rotatable bonds is 4. The predicted molar refractivity (Wildman–Crippen MR) is 55.0 cm³/mol. The summed E-state index contributed by atoms with van der Waals surface area (Å²) < 4.78 is 6.84. The lowest BCUT2D eigenvalue weighted by molar-refractivity contribution is 0.550. The molecule has 0 radical (unpaired) electrons. The highest BCUT2D eigenvalue weighted by atomic mass is 16.3. The lowest BCUT2D eigenvalue weighted by atomic mass is 10.1. The quantitative estimate of drug-likeness (QED) is 0.814. The van der Waals surface area contributed by atoms with Crippen molar-refractivity contribution in [1.82, 2.24) is 14.8 Å². The van der Waals surface area contributed by atoms with Gasteiger partial charge in [0.2, 0.25) is 0 Å². The number of aromatic nitrogens is 3. The fraction of sp³-hybridized carbons (Fsp3) is 0.400.